The first-order valence-electron chi connectivity index (χ1n) is 8.69. The summed E-state index contributed by atoms with van der Waals surface area (Å²) in [5, 5.41) is 4.43. The largest absolute Gasteiger partial charge is 0.451 e. The van der Waals surface area contributed by atoms with Gasteiger partial charge in [-0.15, -0.1) is 0 Å². The highest BCUT2D eigenvalue weighted by molar-refractivity contribution is 6.02. The highest BCUT2D eigenvalue weighted by atomic mass is 16.5. The quantitative estimate of drug-likeness (QED) is 0.647. The lowest BCUT2D eigenvalue weighted by Gasteiger charge is -2.13. The maximum Gasteiger partial charge on any atom is 0.358 e. The number of rotatable bonds is 6. The Morgan fingerprint density at radius 2 is 2.04 bits per heavy atom. The minimum absolute atomic E-state index is 0.235. The van der Waals surface area contributed by atoms with E-state index in [1.54, 1.807) is 6.20 Å². The lowest BCUT2D eigenvalue weighted by molar-refractivity contribution is -0.124. The van der Waals surface area contributed by atoms with Gasteiger partial charge < -0.3 is 10.1 Å². The number of allylic oxidation sites excluding steroid dienone is 1. The summed E-state index contributed by atoms with van der Waals surface area (Å²) in [7, 11) is 0. The van der Waals surface area contributed by atoms with Crippen molar-refractivity contribution in [3.63, 3.8) is 0 Å². The summed E-state index contributed by atoms with van der Waals surface area (Å²) in [6, 6.07) is 9.29. The predicted octanol–water partition coefficient (Wildman–Crippen LogP) is 3.40. The van der Waals surface area contributed by atoms with Crippen molar-refractivity contribution in [1.29, 1.82) is 0 Å². The van der Waals surface area contributed by atoms with Crippen LogP contribution in [0.5, 0.6) is 0 Å². The van der Waals surface area contributed by atoms with Gasteiger partial charge in [-0.25, -0.2) is 9.78 Å². The van der Waals surface area contributed by atoms with Crippen molar-refractivity contribution in [2.24, 2.45) is 0 Å². The first-order valence-corrected chi connectivity index (χ1v) is 8.69. The fraction of sp³-hybridized carbons (Fsp3) is 0.350. The molecule has 0 radical (unpaired) electrons. The maximum absolute atomic E-state index is 12.2. The van der Waals surface area contributed by atoms with Gasteiger partial charge in [-0.1, -0.05) is 35.9 Å². The van der Waals surface area contributed by atoms with E-state index in [-0.39, 0.29) is 18.2 Å². The van der Waals surface area contributed by atoms with E-state index >= 15 is 0 Å². The third-order valence-corrected chi connectivity index (χ3v) is 4.35. The maximum atomic E-state index is 12.2. The zero-order valence-electron chi connectivity index (χ0n) is 14.2. The van der Waals surface area contributed by atoms with Gasteiger partial charge in [-0.2, -0.15) is 0 Å². The van der Waals surface area contributed by atoms with Crippen LogP contribution in [0.2, 0.25) is 0 Å². The fourth-order valence-corrected chi connectivity index (χ4v) is 3.03. The fourth-order valence-electron chi connectivity index (χ4n) is 3.03. The van der Waals surface area contributed by atoms with Crippen molar-refractivity contribution in [2.75, 3.05) is 13.2 Å². The molecule has 0 bridgehead atoms. The Hall–Kier alpha value is -2.69. The van der Waals surface area contributed by atoms with E-state index in [0.717, 1.165) is 30.0 Å². The number of benzene rings is 1. The molecule has 0 saturated carbocycles. The molecule has 1 aliphatic rings. The second-order valence-electron chi connectivity index (χ2n) is 6.16. The number of esters is 1. The molecule has 130 valence electrons. The van der Waals surface area contributed by atoms with Crippen LogP contribution < -0.4 is 5.32 Å². The molecule has 0 fully saturated rings. The average Bonchev–Trinajstić information content (AvgIpc) is 2.66. The first kappa shape index (κ1) is 17.1. The Morgan fingerprint density at radius 1 is 1.16 bits per heavy atom. The number of hydrogen-bond acceptors (Lipinski definition) is 4. The molecule has 3 rings (SSSR count). The van der Waals surface area contributed by atoms with Crippen LogP contribution in [0.1, 0.15) is 42.6 Å². The number of ether oxygens (including phenoxy) is 1. The average molecular weight is 338 g/mol. The topological polar surface area (TPSA) is 68.3 Å². The summed E-state index contributed by atoms with van der Waals surface area (Å²) in [5.74, 6) is -0.869. The Balaban J connectivity index is 1.48. The second-order valence-corrected chi connectivity index (χ2v) is 6.16. The summed E-state index contributed by atoms with van der Waals surface area (Å²) in [4.78, 5) is 28.2. The molecule has 1 heterocycles. The molecule has 5 heteroatoms. The summed E-state index contributed by atoms with van der Waals surface area (Å²) in [6.45, 7) is 0.289. The molecule has 1 N–H and O–H groups in total. The Kier molecular flexibility index (Phi) is 5.77. The van der Waals surface area contributed by atoms with Crippen LogP contribution in [-0.4, -0.2) is 30.0 Å². The number of aromatic nitrogens is 1. The second kappa shape index (κ2) is 8.42. The van der Waals surface area contributed by atoms with E-state index in [0.29, 0.717) is 6.54 Å². The lowest BCUT2D eigenvalue weighted by atomic mass is 9.97. The number of pyridine rings is 1. The van der Waals surface area contributed by atoms with E-state index in [4.69, 9.17) is 4.74 Å². The summed E-state index contributed by atoms with van der Waals surface area (Å²) >= 11 is 0. The lowest BCUT2D eigenvalue weighted by Crippen LogP contribution is -2.30. The number of hydrogen-bond donors (Lipinski definition) is 1. The van der Waals surface area contributed by atoms with E-state index in [2.05, 4.69) is 16.4 Å². The van der Waals surface area contributed by atoms with E-state index in [1.165, 1.54) is 18.4 Å². The number of nitrogens with one attached hydrogen (secondary N) is 1. The monoisotopic (exact) mass is 338 g/mol. The molecule has 1 aromatic carbocycles. The molecule has 1 aromatic heterocycles. The van der Waals surface area contributed by atoms with Crippen molar-refractivity contribution in [3.8, 4) is 0 Å². The molecular formula is C20H22N2O3. The third kappa shape index (κ3) is 4.66. The number of fused-ring (bicyclic) bond motifs is 1. The Bertz CT molecular complexity index is 793. The third-order valence-electron chi connectivity index (χ3n) is 4.35. The summed E-state index contributed by atoms with van der Waals surface area (Å²) in [6.07, 6.45) is 9.45. The van der Waals surface area contributed by atoms with Gasteiger partial charge >= 0.3 is 5.97 Å². The number of carbonyl (C=O) groups excluding carboxylic acids is 2. The minimum Gasteiger partial charge on any atom is -0.451 e. The number of amides is 1. The Morgan fingerprint density at radius 3 is 2.88 bits per heavy atom. The molecule has 0 atom stereocenters. The van der Waals surface area contributed by atoms with E-state index in [9.17, 15) is 9.59 Å². The van der Waals surface area contributed by atoms with Crippen LogP contribution in [-0.2, 0) is 9.53 Å². The highest BCUT2D eigenvalue weighted by Gasteiger charge is 2.14. The normalized spacial score (nSPS) is 14.0. The number of carbonyl (C=O) groups is 2. The van der Waals surface area contributed by atoms with Gasteiger partial charge in [0.15, 0.2) is 12.3 Å². The molecular weight excluding hydrogens is 316 g/mol. The molecule has 0 spiro atoms. The molecule has 0 unspecified atom stereocenters. The van der Waals surface area contributed by atoms with Gasteiger partial charge in [0.2, 0.25) is 0 Å². The van der Waals surface area contributed by atoms with Crippen molar-refractivity contribution in [3.05, 3.63) is 53.9 Å². The highest BCUT2D eigenvalue weighted by Crippen LogP contribution is 2.19. The summed E-state index contributed by atoms with van der Waals surface area (Å²) in [5.41, 5.74) is 1.64. The van der Waals surface area contributed by atoms with Crippen LogP contribution in [0.4, 0.5) is 0 Å². The van der Waals surface area contributed by atoms with Gasteiger partial charge in [0.25, 0.3) is 5.91 Å². The van der Waals surface area contributed by atoms with Crippen LogP contribution in [0.15, 0.2) is 48.2 Å². The molecule has 0 saturated heterocycles. The van der Waals surface area contributed by atoms with E-state index < -0.39 is 5.97 Å². The van der Waals surface area contributed by atoms with Crippen molar-refractivity contribution < 1.29 is 14.3 Å². The molecule has 5 nitrogen and oxygen atoms in total. The predicted molar refractivity (Wildman–Crippen MR) is 96.2 cm³/mol. The van der Waals surface area contributed by atoms with E-state index in [1.807, 2.05) is 30.3 Å². The van der Waals surface area contributed by atoms with Gasteiger partial charge in [0, 0.05) is 18.1 Å². The van der Waals surface area contributed by atoms with Crippen molar-refractivity contribution in [1.82, 2.24) is 10.3 Å². The van der Waals surface area contributed by atoms with Crippen molar-refractivity contribution >= 4 is 22.6 Å². The van der Waals surface area contributed by atoms with Crippen molar-refractivity contribution in [2.45, 2.75) is 32.1 Å². The molecule has 0 aliphatic heterocycles. The van der Waals surface area contributed by atoms with Gasteiger partial charge in [-0.3, -0.25) is 4.79 Å². The first-order chi connectivity index (χ1) is 12.2. The zero-order chi connectivity index (χ0) is 17.5. The standard InChI is InChI=1S/C20H22N2O3/c23-18(21-12-10-15-6-2-1-3-7-15)14-25-20(24)19-17-9-5-4-8-16(17)11-13-22-19/h4-6,8-9,11,13H,1-3,7,10,12,14H2,(H,21,23). The summed E-state index contributed by atoms with van der Waals surface area (Å²) < 4.78 is 5.11. The zero-order valence-corrected chi connectivity index (χ0v) is 14.2. The molecule has 1 amide bonds. The van der Waals surface area contributed by atoms with Crippen LogP contribution in [0.25, 0.3) is 10.8 Å². The van der Waals surface area contributed by atoms with Gasteiger partial charge in [-0.05, 0) is 43.6 Å². The van der Waals surface area contributed by atoms with Crippen LogP contribution in [0, 0.1) is 0 Å². The molecule has 1 aliphatic carbocycles. The molecule has 25 heavy (non-hydrogen) atoms. The Labute approximate surface area is 147 Å². The van der Waals surface area contributed by atoms with Gasteiger partial charge in [0.1, 0.15) is 0 Å². The van der Waals surface area contributed by atoms with Crippen LogP contribution >= 0.6 is 0 Å². The van der Waals surface area contributed by atoms with Gasteiger partial charge in [0.05, 0.1) is 0 Å². The number of nitrogens with zero attached hydrogens (tertiary/aromatic N) is 1. The smallest absolute Gasteiger partial charge is 0.358 e. The minimum atomic E-state index is -0.582. The molecule has 2 aromatic rings. The SMILES string of the molecule is O=C(COC(=O)c1nccc2ccccc12)NCCC1=CCCCC1. The van der Waals surface area contributed by atoms with Crippen LogP contribution in [0.3, 0.4) is 0 Å².